The van der Waals surface area contributed by atoms with Gasteiger partial charge in [0.05, 0.1) is 16.6 Å². The monoisotopic (exact) mass is 469 g/mol. The Morgan fingerprint density at radius 3 is 2.32 bits per heavy atom. The van der Waals surface area contributed by atoms with Gasteiger partial charge in [-0.15, -0.1) is 0 Å². The summed E-state index contributed by atoms with van der Waals surface area (Å²) in [5.41, 5.74) is 7.09. The third-order valence-electron chi connectivity index (χ3n) is 5.08. The van der Waals surface area contributed by atoms with Crippen LogP contribution in [0, 0.1) is 0 Å². The lowest BCUT2D eigenvalue weighted by molar-refractivity contribution is -0.137. The van der Waals surface area contributed by atoms with Crippen molar-refractivity contribution in [3.05, 3.63) is 83.7 Å². The van der Waals surface area contributed by atoms with Crippen LogP contribution in [0.5, 0.6) is 0 Å². The van der Waals surface area contributed by atoms with Crippen molar-refractivity contribution >= 4 is 22.8 Å². The number of para-hydroxylation sites is 1. The predicted molar refractivity (Wildman–Crippen MR) is 122 cm³/mol. The molecular weight excluding hydrogens is 447 g/mol. The number of nitrogens with two attached hydrogens (primary N) is 1. The quantitative estimate of drug-likeness (QED) is 0.394. The zero-order chi connectivity index (χ0) is 23.6. The van der Waals surface area contributed by atoms with Gasteiger partial charge in [0.1, 0.15) is 17.4 Å². The Labute approximate surface area is 193 Å². The number of H-pyrrole nitrogens is 1. The second-order valence-corrected chi connectivity index (χ2v) is 7.35. The van der Waals surface area contributed by atoms with Crippen LogP contribution >= 0.6 is 0 Å². The van der Waals surface area contributed by atoms with Crippen molar-refractivity contribution in [2.45, 2.75) is 26.1 Å². The molecule has 0 spiro atoms. The van der Waals surface area contributed by atoms with Crippen molar-refractivity contribution < 1.29 is 22.8 Å². The van der Waals surface area contributed by atoms with Crippen LogP contribution in [-0.4, -0.2) is 32.8 Å². The molecule has 0 saturated heterocycles. The molecule has 4 aromatic rings. The summed E-state index contributed by atoms with van der Waals surface area (Å²) >= 11 is 0. The molecule has 2 aromatic carbocycles. The molecule has 0 fully saturated rings. The first-order valence-electron chi connectivity index (χ1n) is 9.88. The number of hydrogen-bond donors (Lipinski definition) is 3. The van der Waals surface area contributed by atoms with Crippen LogP contribution in [-0.2, 0) is 17.4 Å². The lowest BCUT2D eigenvalue weighted by Crippen LogP contribution is -2.45. The number of aromatic amines is 1. The van der Waals surface area contributed by atoms with Crippen LogP contribution in [0.4, 0.5) is 13.2 Å². The lowest BCUT2D eigenvalue weighted by atomic mass is 10.0. The fourth-order valence-corrected chi connectivity index (χ4v) is 3.39. The molecule has 0 aliphatic rings. The lowest BCUT2D eigenvalue weighted by Gasteiger charge is -2.16. The molecule has 0 bridgehead atoms. The first kappa shape index (κ1) is 24.4. The number of halogens is 3. The van der Waals surface area contributed by atoms with Crippen LogP contribution < -0.4 is 11.1 Å². The number of hydrogen-bond acceptors (Lipinski definition) is 4. The minimum atomic E-state index is -4.47. The van der Waals surface area contributed by atoms with Crippen molar-refractivity contribution in [2.75, 3.05) is 0 Å². The number of imidazole rings is 1. The summed E-state index contributed by atoms with van der Waals surface area (Å²) in [5.74, 6) is -0.845. The topological polar surface area (TPSA) is 114 Å². The van der Waals surface area contributed by atoms with Crippen molar-refractivity contribution in [1.82, 2.24) is 20.3 Å². The van der Waals surface area contributed by atoms with E-state index < -0.39 is 29.6 Å². The highest BCUT2D eigenvalue weighted by molar-refractivity contribution is 6.06. The number of amides is 2. The number of rotatable bonds is 6. The number of benzene rings is 2. The number of carbonyl (C=O) groups is 2. The van der Waals surface area contributed by atoms with Gasteiger partial charge >= 0.3 is 6.18 Å². The van der Waals surface area contributed by atoms with E-state index in [0.29, 0.717) is 22.4 Å². The molecule has 176 valence electrons. The summed E-state index contributed by atoms with van der Waals surface area (Å²) in [6.45, 7) is 0. The Bertz CT molecular complexity index is 1300. The van der Waals surface area contributed by atoms with E-state index in [2.05, 4.69) is 20.3 Å². The fraction of sp³-hybridized carbons (Fsp3) is 0.167. The first-order valence-corrected chi connectivity index (χ1v) is 9.88. The maximum Gasteiger partial charge on any atom is 0.416 e. The molecule has 4 N–H and O–H groups in total. The molecule has 0 saturated carbocycles. The molecule has 10 heteroatoms. The number of fused-ring (bicyclic) bond motifs is 1. The molecular formula is C24H22F3N5O2. The largest absolute Gasteiger partial charge is 0.416 e. The first-order chi connectivity index (χ1) is 15.7. The zero-order valence-electron chi connectivity index (χ0n) is 17.1. The van der Waals surface area contributed by atoms with E-state index in [-0.39, 0.29) is 19.4 Å². The molecule has 0 aliphatic carbocycles. The van der Waals surface area contributed by atoms with Crippen LogP contribution in [0.25, 0.3) is 22.4 Å². The normalized spacial score (nSPS) is 12.1. The molecule has 2 amide bonds. The summed E-state index contributed by atoms with van der Waals surface area (Å²) < 4.78 is 38.3. The third-order valence-corrected chi connectivity index (χ3v) is 5.08. The Morgan fingerprint density at radius 1 is 1.03 bits per heavy atom. The average molecular weight is 469 g/mol. The van der Waals surface area contributed by atoms with Gasteiger partial charge in [-0.2, -0.15) is 13.2 Å². The highest BCUT2D eigenvalue weighted by atomic mass is 19.4. The maximum absolute atomic E-state index is 13.0. The number of nitrogens with one attached hydrogen (secondary N) is 2. The number of pyridine rings is 1. The van der Waals surface area contributed by atoms with Crippen LogP contribution in [0.3, 0.4) is 0 Å². The van der Waals surface area contributed by atoms with Gasteiger partial charge in [-0.3, -0.25) is 14.6 Å². The van der Waals surface area contributed by atoms with Gasteiger partial charge in [0.2, 0.25) is 5.91 Å². The maximum atomic E-state index is 13.0. The molecule has 7 nitrogen and oxygen atoms in total. The number of carbonyl (C=O) groups excluding carboxylic acids is 2. The van der Waals surface area contributed by atoms with Gasteiger partial charge in [0.25, 0.3) is 5.91 Å². The molecule has 0 aliphatic heterocycles. The SMILES string of the molecule is C.NC(=O)[C@H](Cc1ccc(C(F)(F)F)cc1)NC(=O)c1cccc2[nH]c(-c3ccncc3)nc12. The van der Waals surface area contributed by atoms with Crippen LogP contribution in [0.2, 0.25) is 0 Å². The summed E-state index contributed by atoms with van der Waals surface area (Å²) in [5, 5.41) is 2.57. The van der Waals surface area contributed by atoms with E-state index in [1.807, 2.05) is 0 Å². The number of nitrogens with zero attached hydrogens (tertiary/aromatic N) is 2. The van der Waals surface area contributed by atoms with Crippen molar-refractivity contribution in [3.8, 4) is 11.4 Å². The molecule has 4 rings (SSSR count). The average Bonchev–Trinajstić information content (AvgIpc) is 3.23. The van der Waals surface area contributed by atoms with Gasteiger partial charge in [-0.1, -0.05) is 25.6 Å². The minimum absolute atomic E-state index is 0. The molecule has 2 heterocycles. The fourth-order valence-electron chi connectivity index (χ4n) is 3.39. The summed E-state index contributed by atoms with van der Waals surface area (Å²) in [4.78, 5) is 36.5. The minimum Gasteiger partial charge on any atom is -0.368 e. The van der Waals surface area contributed by atoms with Gasteiger partial charge in [0, 0.05) is 24.4 Å². The number of alkyl halides is 3. The van der Waals surface area contributed by atoms with Gasteiger partial charge in [-0.05, 0) is 42.0 Å². The van der Waals surface area contributed by atoms with Gasteiger partial charge in [0.15, 0.2) is 0 Å². The highest BCUT2D eigenvalue weighted by Crippen LogP contribution is 2.29. The summed E-state index contributed by atoms with van der Waals surface area (Å²) in [7, 11) is 0. The summed E-state index contributed by atoms with van der Waals surface area (Å²) in [6.07, 6.45) is -1.28. The molecule has 34 heavy (non-hydrogen) atoms. The highest BCUT2D eigenvalue weighted by Gasteiger charge is 2.30. The van der Waals surface area contributed by atoms with Crippen molar-refractivity contribution in [3.63, 3.8) is 0 Å². The van der Waals surface area contributed by atoms with Crippen LogP contribution in [0.15, 0.2) is 67.0 Å². The third kappa shape index (κ3) is 5.22. The van der Waals surface area contributed by atoms with Gasteiger partial charge < -0.3 is 16.0 Å². The van der Waals surface area contributed by atoms with E-state index in [4.69, 9.17) is 5.73 Å². The standard InChI is InChI=1S/C23H18F3N5O2.CH4/c24-23(25,26)15-6-4-13(5-7-15)12-18(20(27)32)30-22(33)16-2-1-3-17-19(16)31-21(29-17)14-8-10-28-11-9-14;/h1-11,18H,12H2,(H2,27,32)(H,29,31)(H,30,33);1H4/t18-;/m0./s1. The van der Waals surface area contributed by atoms with Crippen LogP contribution in [0.1, 0.15) is 28.9 Å². The molecule has 0 radical (unpaired) electrons. The predicted octanol–water partition coefficient (Wildman–Crippen LogP) is 4.11. The van der Waals surface area contributed by atoms with E-state index in [9.17, 15) is 22.8 Å². The second kappa shape index (κ2) is 9.74. The van der Waals surface area contributed by atoms with Crippen molar-refractivity contribution in [2.24, 2.45) is 5.73 Å². The Hall–Kier alpha value is -4.21. The zero-order valence-corrected chi connectivity index (χ0v) is 17.1. The van der Waals surface area contributed by atoms with Crippen molar-refractivity contribution in [1.29, 1.82) is 0 Å². The second-order valence-electron chi connectivity index (χ2n) is 7.35. The Morgan fingerprint density at radius 2 is 1.71 bits per heavy atom. The number of aromatic nitrogens is 3. The smallest absolute Gasteiger partial charge is 0.368 e. The van der Waals surface area contributed by atoms with E-state index in [1.165, 1.54) is 12.1 Å². The Kier molecular flexibility index (Phi) is 7.00. The number of primary amides is 1. The summed E-state index contributed by atoms with van der Waals surface area (Å²) in [6, 6.07) is 11.7. The Balaban J connectivity index is 0.00000324. The van der Waals surface area contributed by atoms with Gasteiger partial charge in [-0.25, -0.2) is 4.98 Å². The molecule has 2 aromatic heterocycles. The van der Waals surface area contributed by atoms with E-state index in [0.717, 1.165) is 17.7 Å². The van der Waals surface area contributed by atoms with E-state index >= 15 is 0 Å². The van der Waals surface area contributed by atoms with E-state index in [1.54, 1.807) is 42.7 Å². The molecule has 0 unspecified atom stereocenters. The molecule has 1 atom stereocenters.